The number of nitrogens with zero attached hydrogens (tertiary/aromatic N) is 2. The van der Waals surface area contributed by atoms with E-state index in [1.165, 1.54) is 11.0 Å². The summed E-state index contributed by atoms with van der Waals surface area (Å²) >= 11 is 3.42. The molecule has 0 bridgehead atoms. The number of aliphatic hydroxyl groups excluding tert-OH is 1. The molecule has 30 heavy (non-hydrogen) atoms. The predicted molar refractivity (Wildman–Crippen MR) is 116 cm³/mol. The monoisotopic (exact) mass is 464 g/mol. The number of hydrogen-bond donors (Lipinski definition) is 2. The van der Waals surface area contributed by atoms with Crippen molar-refractivity contribution in [2.45, 2.75) is 13.0 Å². The zero-order valence-electron chi connectivity index (χ0n) is 15.9. The van der Waals surface area contributed by atoms with E-state index in [9.17, 15) is 19.8 Å². The average molecular weight is 465 g/mol. The topological polar surface area (TPSA) is 90.7 Å². The number of aromatic hydroxyl groups is 1. The van der Waals surface area contributed by atoms with Gasteiger partial charge in [-0.25, -0.2) is 0 Å². The summed E-state index contributed by atoms with van der Waals surface area (Å²) in [5, 5.41) is 21.4. The Morgan fingerprint density at radius 1 is 1.07 bits per heavy atom. The third-order valence-corrected chi connectivity index (χ3v) is 5.93. The fourth-order valence-electron chi connectivity index (χ4n) is 3.56. The van der Waals surface area contributed by atoms with Crippen LogP contribution in [0.15, 0.2) is 77.0 Å². The SMILES string of the molecule is Cc1cc(/C(O)=C2/C(=O)C(=O)N(c3ccccc3O)C2c2ccncc2)ccc1Br. The van der Waals surface area contributed by atoms with E-state index in [1.807, 2.05) is 6.92 Å². The molecule has 0 saturated carbocycles. The Bertz CT molecular complexity index is 1190. The van der Waals surface area contributed by atoms with E-state index < -0.39 is 17.7 Å². The standard InChI is InChI=1S/C23H17BrN2O4/c1-13-12-15(6-7-16(13)24)21(28)19-20(14-8-10-25-11-9-14)26(23(30)22(19)29)17-4-2-3-5-18(17)27/h2-12,20,27-28H,1H3/b21-19-. The molecule has 1 aromatic heterocycles. The van der Waals surface area contributed by atoms with Crippen LogP contribution in [0.1, 0.15) is 22.7 Å². The Balaban J connectivity index is 1.97. The van der Waals surface area contributed by atoms with Crippen molar-refractivity contribution >= 4 is 39.1 Å². The molecule has 1 aliphatic heterocycles. The first-order valence-corrected chi connectivity index (χ1v) is 9.95. The van der Waals surface area contributed by atoms with E-state index in [-0.39, 0.29) is 22.8 Å². The summed E-state index contributed by atoms with van der Waals surface area (Å²) in [4.78, 5) is 31.3. The highest BCUT2D eigenvalue weighted by atomic mass is 79.9. The quantitative estimate of drug-likeness (QED) is 0.338. The van der Waals surface area contributed by atoms with Crippen molar-refractivity contribution in [3.8, 4) is 5.75 Å². The van der Waals surface area contributed by atoms with E-state index in [2.05, 4.69) is 20.9 Å². The number of pyridine rings is 1. The molecule has 1 saturated heterocycles. The molecule has 4 rings (SSSR count). The van der Waals surface area contributed by atoms with Gasteiger partial charge in [0.1, 0.15) is 11.5 Å². The number of Topliss-reactive ketones (excluding diaryl/α,β-unsaturated/α-hetero) is 1. The minimum atomic E-state index is -0.912. The number of rotatable bonds is 3. The number of aromatic nitrogens is 1. The fraction of sp³-hybridized carbons (Fsp3) is 0.0870. The smallest absolute Gasteiger partial charge is 0.300 e. The van der Waals surface area contributed by atoms with Crippen LogP contribution in [0.3, 0.4) is 0 Å². The van der Waals surface area contributed by atoms with Crippen molar-refractivity contribution in [2.75, 3.05) is 4.90 Å². The Hall–Kier alpha value is -3.45. The van der Waals surface area contributed by atoms with E-state index in [0.29, 0.717) is 11.1 Å². The second kappa shape index (κ2) is 7.76. The first kappa shape index (κ1) is 19.8. The van der Waals surface area contributed by atoms with Crippen LogP contribution < -0.4 is 4.90 Å². The summed E-state index contributed by atoms with van der Waals surface area (Å²) in [6.45, 7) is 1.86. The average Bonchev–Trinajstić information content (AvgIpc) is 3.01. The lowest BCUT2D eigenvalue weighted by Crippen LogP contribution is -2.29. The number of carbonyl (C=O) groups is 2. The number of aryl methyl sites for hydroxylation is 1. The van der Waals surface area contributed by atoms with E-state index in [1.54, 1.807) is 60.9 Å². The van der Waals surface area contributed by atoms with Crippen LogP contribution in [-0.4, -0.2) is 26.9 Å². The molecule has 2 aromatic carbocycles. The number of halogens is 1. The molecule has 1 amide bonds. The van der Waals surface area contributed by atoms with Crippen molar-refractivity contribution in [1.29, 1.82) is 0 Å². The number of ketones is 1. The summed E-state index contributed by atoms with van der Waals surface area (Å²) in [7, 11) is 0. The van der Waals surface area contributed by atoms with Crippen LogP contribution in [0.2, 0.25) is 0 Å². The zero-order chi connectivity index (χ0) is 21.4. The van der Waals surface area contributed by atoms with Gasteiger partial charge in [-0.3, -0.25) is 19.5 Å². The number of para-hydroxylation sites is 2. The summed E-state index contributed by atoms with van der Waals surface area (Å²) in [5.74, 6) is -2.06. The lowest BCUT2D eigenvalue weighted by molar-refractivity contribution is -0.132. The largest absolute Gasteiger partial charge is 0.507 e. The van der Waals surface area contributed by atoms with Gasteiger partial charge in [0.2, 0.25) is 0 Å². The number of amides is 1. The summed E-state index contributed by atoms with van der Waals surface area (Å²) < 4.78 is 0.861. The van der Waals surface area contributed by atoms with Gasteiger partial charge in [-0.2, -0.15) is 0 Å². The number of carbonyl (C=O) groups excluding carboxylic acids is 2. The molecule has 1 fully saturated rings. The lowest BCUT2D eigenvalue weighted by Gasteiger charge is -2.25. The number of phenols is 1. The maximum atomic E-state index is 13.0. The molecule has 0 spiro atoms. The van der Waals surface area contributed by atoms with Gasteiger partial charge >= 0.3 is 0 Å². The van der Waals surface area contributed by atoms with Gasteiger partial charge in [0.05, 0.1) is 17.3 Å². The molecular weight excluding hydrogens is 448 g/mol. The maximum absolute atomic E-state index is 13.0. The molecule has 6 nitrogen and oxygen atoms in total. The normalized spacial score (nSPS) is 18.1. The van der Waals surface area contributed by atoms with Crippen molar-refractivity contribution in [3.63, 3.8) is 0 Å². The van der Waals surface area contributed by atoms with Crippen molar-refractivity contribution in [1.82, 2.24) is 4.98 Å². The molecule has 1 atom stereocenters. The molecule has 3 aromatic rings. The Labute approximate surface area is 181 Å². The first-order valence-electron chi connectivity index (χ1n) is 9.15. The van der Waals surface area contributed by atoms with Crippen molar-refractivity contribution in [3.05, 3.63) is 93.7 Å². The van der Waals surface area contributed by atoms with Gasteiger partial charge in [0.25, 0.3) is 11.7 Å². The fourth-order valence-corrected chi connectivity index (χ4v) is 3.80. The van der Waals surface area contributed by atoms with Gasteiger partial charge in [-0.1, -0.05) is 34.1 Å². The number of phenolic OH excluding ortho intramolecular Hbond substituents is 1. The number of hydrogen-bond acceptors (Lipinski definition) is 5. The molecule has 1 unspecified atom stereocenters. The van der Waals surface area contributed by atoms with E-state index in [0.717, 1.165) is 10.0 Å². The third-order valence-electron chi connectivity index (χ3n) is 5.04. The minimum Gasteiger partial charge on any atom is -0.507 e. The van der Waals surface area contributed by atoms with Crippen molar-refractivity contribution < 1.29 is 19.8 Å². The molecular formula is C23H17BrN2O4. The van der Waals surface area contributed by atoms with Gasteiger partial charge in [0.15, 0.2) is 0 Å². The number of aliphatic hydroxyl groups is 1. The first-order chi connectivity index (χ1) is 14.4. The van der Waals surface area contributed by atoms with Gasteiger partial charge in [0, 0.05) is 22.4 Å². The Kier molecular flexibility index (Phi) is 5.13. The van der Waals surface area contributed by atoms with Crippen LogP contribution in [0.25, 0.3) is 5.76 Å². The van der Waals surface area contributed by atoms with Gasteiger partial charge in [-0.05, 0) is 54.4 Å². The molecule has 7 heteroatoms. The molecule has 2 N–H and O–H groups in total. The molecule has 0 aliphatic carbocycles. The van der Waals surface area contributed by atoms with E-state index >= 15 is 0 Å². The number of anilines is 1. The highest BCUT2D eigenvalue weighted by Crippen LogP contribution is 2.44. The summed E-state index contributed by atoms with van der Waals surface area (Å²) in [6, 6.07) is 13.9. The second-order valence-corrected chi connectivity index (χ2v) is 7.76. The summed E-state index contributed by atoms with van der Waals surface area (Å²) in [6.07, 6.45) is 3.09. The molecule has 0 radical (unpaired) electrons. The molecule has 1 aliphatic rings. The third kappa shape index (κ3) is 3.27. The Morgan fingerprint density at radius 2 is 1.77 bits per heavy atom. The van der Waals surface area contributed by atoms with Crippen LogP contribution in [0.4, 0.5) is 5.69 Å². The van der Waals surface area contributed by atoms with Gasteiger partial charge < -0.3 is 10.2 Å². The maximum Gasteiger partial charge on any atom is 0.300 e. The lowest BCUT2D eigenvalue weighted by atomic mass is 9.95. The Morgan fingerprint density at radius 3 is 2.43 bits per heavy atom. The number of benzene rings is 2. The van der Waals surface area contributed by atoms with Crippen LogP contribution in [0, 0.1) is 6.92 Å². The van der Waals surface area contributed by atoms with Crippen molar-refractivity contribution in [2.24, 2.45) is 0 Å². The summed E-state index contributed by atoms with van der Waals surface area (Å²) in [5.41, 5.74) is 2.02. The zero-order valence-corrected chi connectivity index (χ0v) is 17.5. The van der Waals surface area contributed by atoms with Crippen LogP contribution in [-0.2, 0) is 9.59 Å². The molecule has 2 heterocycles. The predicted octanol–water partition coefficient (Wildman–Crippen LogP) is 4.48. The van der Waals surface area contributed by atoms with Crippen LogP contribution in [0.5, 0.6) is 5.75 Å². The highest BCUT2D eigenvalue weighted by molar-refractivity contribution is 9.10. The van der Waals surface area contributed by atoms with Crippen LogP contribution >= 0.6 is 15.9 Å². The van der Waals surface area contributed by atoms with E-state index in [4.69, 9.17) is 0 Å². The minimum absolute atomic E-state index is 0.0452. The highest BCUT2D eigenvalue weighted by Gasteiger charge is 2.47. The molecule has 150 valence electrons. The van der Waals surface area contributed by atoms with Gasteiger partial charge in [-0.15, -0.1) is 0 Å². The second-order valence-electron chi connectivity index (χ2n) is 6.90.